The number of amidine groups is 1. The summed E-state index contributed by atoms with van der Waals surface area (Å²) >= 11 is 1.27. The van der Waals surface area contributed by atoms with Crippen molar-refractivity contribution in [1.82, 2.24) is 5.32 Å². The third-order valence-electron chi connectivity index (χ3n) is 4.12. The van der Waals surface area contributed by atoms with Gasteiger partial charge in [-0.3, -0.25) is 4.79 Å². The summed E-state index contributed by atoms with van der Waals surface area (Å²) in [4.78, 5) is 17.4. The van der Waals surface area contributed by atoms with Crippen LogP contribution < -0.4 is 24.3 Å². The van der Waals surface area contributed by atoms with Crippen molar-refractivity contribution in [3.05, 3.63) is 46.9 Å². The molecule has 2 aromatic carbocycles. The minimum Gasteiger partial charge on any atom is -0.494 e. The molecular formula is C21H20N2O5S. The Kier molecular flexibility index (Phi) is 5.62. The van der Waals surface area contributed by atoms with Gasteiger partial charge in [0.05, 0.1) is 23.8 Å². The second-order valence-electron chi connectivity index (χ2n) is 6.08. The molecule has 0 atom stereocenters. The van der Waals surface area contributed by atoms with Gasteiger partial charge < -0.3 is 24.3 Å². The SMILES string of the molecule is CCOc1ccc(N=C2NC(=O)/C(=C\c3cc4c(cc3OCC)OCO4)S2)cc1. The highest BCUT2D eigenvalue weighted by Crippen LogP contribution is 2.40. The van der Waals surface area contributed by atoms with Crippen LogP contribution in [0, 0.1) is 0 Å². The average Bonchev–Trinajstić information content (AvgIpc) is 3.30. The van der Waals surface area contributed by atoms with Gasteiger partial charge in [-0.05, 0) is 62.0 Å². The van der Waals surface area contributed by atoms with Crippen molar-refractivity contribution in [2.24, 2.45) is 4.99 Å². The van der Waals surface area contributed by atoms with E-state index in [4.69, 9.17) is 18.9 Å². The Labute approximate surface area is 172 Å². The van der Waals surface area contributed by atoms with Crippen molar-refractivity contribution in [2.75, 3.05) is 20.0 Å². The van der Waals surface area contributed by atoms with E-state index >= 15 is 0 Å². The molecule has 2 heterocycles. The maximum absolute atomic E-state index is 12.4. The molecule has 1 N–H and O–H groups in total. The van der Waals surface area contributed by atoms with E-state index < -0.39 is 0 Å². The maximum atomic E-state index is 12.4. The lowest BCUT2D eigenvalue weighted by Crippen LogP contribution is -2.19. The van der Waals surface area contributed by atoms with E-state index in [9.17, 15) is 4.79 Å². The highest BCUT2D eigenvalue weighted by molar-refractivity contribution is 8.18. The zero-order valence-electron chi connectivity index (χ0n) is 16.1. The van der Waals surface area contributed by atoms with Gasteiger partial charge in [0.2, 0.25) is 6.79 Å². The van der Waals surface area contributed by atoms with Gasteiger partial charge in [-0.15, -0.1) is 0 Å². The molecule has 2 aliphatic rings. The molecule has 2 aromatic rings. The third-order valence-corrected chi connectivity index (χ3v) is 5.03. The van der Waals surface area contributed by atoms with E-state index in [-0.39, 0.29) is 12.7 Å². The summed E-state index contributed by atoms with van der Waals surface area (Å²) in [6.45, 7) is 5.12. The van der Waals surface area contributed by atoms with E-state index in [1.54, 1.807) is 12.1 Å². The molecule has 0 spiro atoms. The van der Waals surface area contributed by atoms with Crippen LogP contribution in [0.2, 0.25) is 0 Å². The standard InChI is InChI=1S/C21H20N2O5S/c1-3-25-15-7-5-14(6-8-15)22-21-23-20(24)19(29-21)10-13-9-17-18(28-12-27-17)11-16(13)26-4-2/h5-11H,3-4,12H2,1-2H3,(H,22,23,24)/b19-10+. The van der Waals surface area contributed by atoms with Gasteiger partial charge in [0.25, 0.3) is 5.91 Å². The Morgan fingerprint density at radius 3 is 2.55 bits per heavy atom. The van der Waals surface area contributed by atoms with Crippen molar-refractivity contribution in [1.29, 1.82) is 0 Å². The van der Waals surface area contributed by atoms with E-state index in [1.165, 1.54) is 11.8 Å². The molecule has 2 aliphatic heterocycles. The topological polar surface area (TPSA) is 78.4 Å². The molecule has 0 unspecified atom stereocenters. The van der Waals surface area contributed by atoms with Crippen LogP contribution >= 0.6 is 11.8 Å². The molecular weight excluding hydrogens is 392 g/mol. The van der Waals surface area contributed by atoms with Gasteiger partial charge in [0, 0.05) is 11.6 Å². The van der Waals surface area contributed by atoms with Crippen LogP contribution in [-0.4, -0.2) is 31.1 Å². The summed E-state index contributed by atoms with van der Waals surface area (Å²) < 4.78 is 22.0. The van der Waals surface area contributed by atoms with E-state index in [2.05, 4.69) is 10.3 Å². The number of hydrogen-bond acceptors (Lipinski definition) is 7. The number of benzene rings is 2. The molecule has 1 amide bonds. The van der Waals surface area contributed by atoms with Crippen LogP contribution in [-0.2, 0) is 4.79 Å². The number of ether oxygens (including phenoxy) is 4. The Morgan fingerprint density at radius 1 is 1.10 bits per heavy atom. The first-order valence-electron chi connectivity index (χ1n) is 9.25. The summed E-state index contributed by atoms with van der Waals surface area (Å²) in [5.74, 6) is 2.48. The van der Waals surface area contributed by atoms with Crippen LogP contribution in [0.5, 0.6) is 23.0 Å². The van der Waals surface area contributed by atoms with E-state index in [0.29, 0.717) is 40.5 Å². The molecule has 8 heteroatoms. The molecule has 0 aliphatic carbocycles. The molecule has 0 aromatic heterocycles. The van der Waals surface area contributed by atoms with Gasteiger partial charge >= 0.3 is 0 Å². The molecule has 150 valence electrons. The van der Waals surface area contributed by atoms with Crippen molar-refractivity contribution in [3.8, 4) is 23.0 Å². The number of amides is 1. The van der Waals surface area contributed by atoms with Crippen molar-refractivity contribution in [3.63, 3.8) is 0 Å². The van der Waals surface area contributed by atoms with Gasteiger partial charge in [-0.2, -0.15) is 0 Å². The second-order valence-corrected chi connectivity index (χ2v) is 7.12. The highest BCUT2D eigenvalue weighted by atomic mass is 32.2. The summed E-state index contributed by atoms with van der Waals surface area (Å²) in [6, 6.07) is 11.0. The quantitative estimate of drug-likeness (QED) is 0.720. The fourth-order valence-corrected chi connectivity index (χ4v) is 3.69. The number of aliphatic imine (C=N–C) groups is 1. The molecule has 0 radical (unpaired) electrons. The minimum absolute atomic E-state index is 0.176. The predicted molar refractivity (Wildman–Crippen MR) is 112 cm³/mol. The number of carbonyl (C=O) groups excluding carboxylic acids is 1. The Hall–Kier alpha value is -3.13. The lowest BCUT2D eigenvalue weighted by Gasteiger charge is -2.09. The summed E-state index contributed by atoms with van der Waals surface area (Å²) in [5, 5.41) is 3.31. The van der Waals surface area contributed by atoms with Gasteiger partial charge in [0.1, 0.15) is 11.5 Å². The normalized spacial score (nSPS) is 17.7. The number of fused-ring (bicyclic) bond motifs is 1. The zero-order valence-corrected chi connectivity index (χ0v) is 16.9. The first-order valence-corrected chi connectivity index (χ1v) is 10.1. The van der Waals surface area contributed by atoms with Crippen LogP contribution in [0.4, 0.5) is 5.69 Å². The van der Waals surface area contributed by atoms with E-state index in [1.807, 2.05) is 44.2 Å². The number of rotatable bonds is 6. The van der Waals surface area contributed by atoms with Crippen LogP contribution in [0.1, 0.15) is 19.4 Å². The summed E-state index contributed by atoms with van der Waals surface area (Å²) in [5.41, 5.74) is 1.48. The van der Waals surface area contributed by atoms with Crippen LogP contribution in [0.25, 0.3) is 6.08 Å². The fourth-order valence-electron chi connectivity index (χ4n) is 2.85. The van der Waals surface area contributed by atoms with Gasteiger partial charge in [-0.1, -0.05) is 0 Å². The molecule has 1 saturated heterocycles. The lowest BCUT2D eigenvalue weighted by molar-refractivity contribution is -0.115. The van der Waals surface area contributed by atoms with Gasteiger partial charge in [-0.25, -0.2) is 4.99 Å². The van der Waals surface area contributed by atoms with Crippen LogP contribution in [0.15, 0.2) is 46.3 Å². The number of nitrogens with one attached hydrogen (secondary N) is 1. The highest BCUT2D eigenvalue weighted by Gasteiger charge is 2.25. The Balaban J connectivity index is 1.57. The number of carbonyl (C=O) groups is 1. The Bertz CT molecular complexity index is 985. The largest absolute Gasteiger partial charge is 0.494 e. The van der Waals surface area contributed by atoms with E-state index in [0.717, 1.165) is 17.0 Å². The zero-order chi connectivity index (χ0) is 20.2. The lowest BCUT2D eigenvalue weighted by atomic mass is 10.1. The molecule has 0 saturated carbocycles. The number of thioether (sulfide) groups is 1. The molecule has 0 bridgehead atoms. The summed E-state index contributed by atoms with van der Waals surface area (Å²) in [6.07, 6.45) is 1.77. The molecule has 1 fully saturated rings. The smallest absolute Gasteiger partial charge is 0.264 e. The second kappa shape index (κ2) is 8.48. The van der Waals surface area contributed by atoms with Crippen LogP contribution in [0.3, 0.4) is 0 Å². The average molecular weight is 412 g/mol. The minimum atomic E-state index is -0.209. The first kappa shape index (κ1) is 19.2. The fraction of sp³-hybridized carbons (Fsp3) is 0.238. The van der Waals surface area contributed by atoms with Crippen molar-refractivity contribution in [2.45, 2.75) is 13.8 Å². The third kappa shape index (κ3) is 4.32. The monoisotopic (exact) mass is 412 g/mol. The van der Waals surface area contributed by atoms with Gasteiger partial charge in [0.15, 0.2) is 16.7 Å². The maximum Gasteiger partial charge on any atom is 0.264 e. The number of nitrogens with zero attached hydrogens (tertiary/aromatic N) is 1. The predicted octanol–water partition coefficient (Wildman–Crippen LogP) is 4.10. The first-order chi connectivity index (χ1) is 14.2. The molecule has 7 nitrogen and oxygen atoms in total. The molecule has 29 heavy (non-hydrogen) atoms. The Morgan fingerprint density at radius 2 is 1.83 bits per heavy atom. The van der Waals surface area contributed by atoms with Crippen molar-refractivity contribution < 1.29 is 23.7 Å². The van der Waals surface area contributed by atoms with Crippen molar-refractivity contribution >= 4 is 34.6 Å². The number of hydrogen-bond donors (Lipinski definition) is 1. The summed E-state index contributed by atoms with van der Waals surface area (Å²) in [7, 11) is 0. The molecule has 4 rings (SSSR count).